The lowest BCUT2D eigenvalue weighted by atomic mass is 10.0. The van der Waals surface area contributed by atoms with E-state index in [9.17, 15) is 9.59 Å². The van der Waals surface area contributed by atoms with Crippen molar-refractivity contribution < 1.29 is 14.3 Å². The summed E-state index contributed by atoms with van der Waals surface area (Å²) in [5.74, 6) is 0.951. The Balaban J connectivity index is 1.67. The maximum Gasteiger partial charge on any atom is 0.236 e. The molecule has 7 heteroatoms. The minimum absolute atomic E-state index is 0.0346. The number of rotatable bonds is 5. The van der Waals surface area contributed by atoms with Gasteiger partial charge in [-0.1, -0.05) is 18.2 Å². The molecule has 148 valence electrons. The van der Waals surface area contributed by atoms with Crippen molar-refractivity contribution in [3.8, 4) is 5.75 Å². The number of ether oxygens (including phenoxy) is 1. The van der Waals surface area contributed by atoms with Gasteiger partial charge in [-0.05, 0) is 18.9 Å². The lowest BCUT2D eigenvalue weighted by Crippen LogP contribution is -2.54. The van der Waals surface area contributed by atoms with E-state index in [1.165, 1.54) is 6.92 Å². The largest absolute Gasteiger partial charge is 0.496 e. The van der Waals surface area contributed by atoms with Gasteiger partial charge in [0.15, 0.2) is 0 Å². The molecule has 0 aromatic heterocycles. The molecule has 1 aromatic carbocycles. The molecule has 27 heavy (non-hydrogen) atoms. The first-order valence-corrected chi connectivity index (χ1v) is 9.71. The first-order valence-electron chi connectivity index (χ1n) is 9.71. The normalized spacial score (nSPS) is 23.7. The van der Waals surface area contributed by atoms with E-state index in [1.807, 2.05) is 23.1 Å². The van der Waals surface area contributed by atoms with Crippen molar-refractivity contribution in [2.45, 2.75) is 31.8 Å². The molecule has 1 aromatic rings. The predicted octanol–water partition coefficient (Wildman–Crippen LogP) is 0.769. The predicted molar refractivity (Wildman–Crippen MR) is 104 cm³/mol. The molecule has 2 aliphatic rings. The van der Waals surface area contributed by atoms with Crippen LogP contribution in [0.1, 0.15) is 31.4 Å². The highest BCUT2D eigenvalue weighted by molar-refractivity contribution is 5.79. The number of benzene rings is 1. The monoisotopic (exact) mass is 374 g/mol. The van der Waals surface area contributed by atoms with Gasteiger partial charge in [0.1, 0.15) is 5.75 Å². The summed E-state index contributed by atoms with van der Waals surface area (Å²) in [6.45, 7) is 5.76. The summed E-state index contributed by atoms with van der Waals surface area (Å²) >= 11 is 0. The topological polar surface area (TPSA) is 73.9 Å². The lowest BCUT2D eigenvalue weighted by molar-refractivity contribution is -0.135. The highest BCUT2D eigenvalue weighted by Crippen LogP contribution is 2.30. The average molecular weight is 374 g/mol. The Morgan fingerprint density at radius 1 is 1.30 bits per heavy atom. The van der Waals surface area contributed by atoms with Crippen LogP contribution in [0.15, 0.2) is 24.3 Å². The van der Waals surface area contributed by atoms with E-state index in [4.69, 9.17) is 4.74 Å². The standard InChI is InChI=1S/C20H30N4O3/c1-15(25)22-16-6-5-10-24(13-16)20(26)14-23-11-9-21-12-18(23)17-7-3-4-8-19(17)27-2/h3-4,7-8,16,18,21H,5-6,9-14H2,1-2H3,(H,22,25). The summed E-state index contributed by atoms with van der Waals surface area (Å²) in [7, 11) is 1.68. The highest BCUT2D eigenvalue weighted by atomic mass is 16.5. The van der Waals surface area contributed by atoms with Gasteiger partial charge >= 0.3 is 0 Å². The third-order valence-corrected chi connectivity index (χ3v) is 5.37. The zero-order valence-electron chi connectivity index (χ0n) is 16.2. The summed E-state index contributed by atoms with van der Waals surface area (Å²) < 4.78 is 5.53. The molecule has 0 saturated carbocycles. The molecule has 2 unspecified atom stereocenters. The Morgan fingerprint density at radius 3 is 2.89 bits per heavy atom. The molecule has 0 bridgehead atoms. The fourth-order valence-corrected chi connectivity index (χ4v) is 4.07. The summed E-state index contributed by atoms with van der Waals surface area (Å²) in [5.41, 5.74) is 1.11. The van der Waals surface area contributed by atoms with Crippen LogP contribution >= 0.6 is 0 Å². The number of piperazine rings is 1. The average Bonchev–Trinajstić information content (AvgIpc) is 2.68. The van der Waals surface area contributed by atoms with Crippen LogP contribution in [-0.2, 0) is 9.59 Å². The number of likely N-dealkylation sites (tertiary alicyclic amines) is 1. The quantitative estimate of drug-likeness (QED) is 0.796. The van der Waals surface area contributed by atoms with Gasteiger partial charge in [0.2, 0.25) is 11.8 Å². The number of nitrogens with zero attached hydrogens (tertiary/aromatic N) is 2. The fraction of sp³-hybridized carbons (Fsp3) is 0.600. The Hall–Kier alpha value is -2.12. The van der Waals surface area contributed by atoms with Gasteiger partial charge in [-0.25, -0.2) is 0 Å². The Bertz CT molecular complexity index is 666. The summed E-state index contributed by atoms with van der Waals surface area (Å²) in [5, 5.41) is 6.37. The van der Waals surface area contributed by atoms with Crippen molar-refractivity contribution in [1.82, 2.24) is 20.4 Å². The molecule has 0 radical (unpaired) electrons. The number of methoxy groups -OCH3 is 1. The number of hydrogen-bond donors (Lipinski definition) is 2. The molecular weight excluding hydrogens is 344 g/mol. The summed E-state index contributed by atoms with van der Waals surface area (Å²) in [6, 6.07) is 8.18. The molecule has 3 rings (SSSR count). The number of amides is 2. The third-order valence-electron chi connectivity index (χ3n) is 5.37. The zero-order valence-corrected chi connectivity index (χ0v) is 16.2. The number of para-hydroxylation sites is 1. The highest BCUT2D eigenvalue weighted by Gasteiger charge is 2.30. The fourth-order valence-electron chi connectivity index (χ4n) is 4.07. The van der Waals surface area contributed by atoms with Gasteiger partial charge in [-0.3, -0.25) is 14.5 Å². The molecule has 2 N–H and O–H groups in total. The van der Waals surface area contributed by atoms with Gasteiger partial charge in [0.05, 0.1) is 19.7 Å². The number of hydrogen-bond acceptors (Lipinski definition) is 5. The number of carbonyl (C=O) groups is 2. The zero-order chi connectivity index (χ0) is 19.2. The van der Waals surface area contributed by atoms with E-state index in [1.54, 1.807) is 7.11 Å². The van der Waals surface area contributed by atoms with Crippen molar-refractivity contribution in [3.05, 3.63) is 29.8 Å². The number of piperidine rings is 1. The molecule has 0 aliphatic carbocycles. The third kappa shape index (κ3) is 4.99. The minimum Gasteiger partial charge on any atom is -0.496 e. The van der Waals surface area contributed by atoms with Crippen molar-refractivity contribution in [2.75, 3.05) is 46.4 Å². The summed E-state index contributed by atoms with van der Waals surface area (Å²) in [6.07, 6.45) is 1.86. The Kier molecular flexibility index (Phi) is 6.68. The minimum atomic E-state index is -0.0346. The van der Waals surface area contributed by atoms with Crippen LogP contribution in [0.3, 0.4) is 0 Å². The van der Waals surface area contributed by atoms with E-state index in [0.29, 0.717) is 13.1 Å². The van der Waals surface area contributed by atoms with Crippen LogP contribution in [-0.4, -0.2) is 74.0 Å². The van der Waals surface area contributed by atoms with Gasteiger partial charge in [-0.15, -0.1) is 0 Å². The van der Waals surface area contributed by atoms with Gasteiger partial charge in [0, 0.05) is 51.3 Å². The Morgan fingerprint density at radius 2 is 2.11 bits per heavy atom. The van der Waals surface area contributed by atoms with E-state index in [2.05, 4.69) is 21.6 Å². The number of nitrogens with one attached hydrogen (secondary N) is 2. The van der Waals surface area contributed by atoms with Crippen LogP contribution in [0.5, 0.6) is 5.75 Å². The smallest absolute Gasteiger partial charge is 0.236 e. The maximum absolute atomic E-state index is 12.9. The molecule has 2 amide bonds. The first-order chi connectivity index (χ1) is 13.1. The molecular formula is C20H30N4O3. The van der Waals surface area contributed by atoms with E-state index < -0.39 is 0 Å². The van der Waals surface area contributed by atoms with Crippen molar-refractivity contribution in [2.24, 2.45) is 0 Å². The van der Waals surface area contributed by atoms with Gasteiger partial charge in [-0.2, -0.15) is 0 Å². The van der Waals surface area contributed by atoms with Crippen molar-refractivity contribution >= 4 is 11.8 Å². The second kappa shape index (κ2) is 9.19. The van der Waals surface area contributed by atoms with Crippen molar-refractivity contribution in [3.63, 3.8) is 0 Å². The second-order valence-electron chi connectivity index (χ2n) is 7.31. The SMILES string of the molecule is COc1ccccc1C1CNCCN1CC(=O)N1CCCC(NC(C)=O)C1. The van der Waals surface area contributed by atoms with Crippen LogP contribution in [0.25, 0.3) is 0 Å². The van der Waals surface area contributed by atoms with Gasteiger partial charge < -0.3 is 20.3 Å². The van der Waals surface area contributed by atoms with Crippen molar-refractivity contribution in [1.29, 1.82) is 0 Å². The second-order valence-corrected chi connectivity index (χ2v) is 7.31. The maximum atomic E-state index is 12.9. The molecule has 2 heterocycles. The van der Waals surface area contributed by atoms with Crippen LogP contribution in [0.4, 0.5) is 0 Å². The van der Waals surface area contributed by atoms with Crippen LogP contribution in [0, 0.1) is 0 Å². The van der Waals surface area contributed by atoms with E-state index >= 15 is 0 Å². The molecule has 2 aliphatic heterocycles. The molecule has 0 spiro atoms. The summed E-state index contributed by atoms with van der Waals surface area (Å²) in [4.78, 5) is 28.4. The number of carbonyl (C=O) groups excluding carboxylic acids is 2. The molecule has 2 saturated heterocycles. The van der Waals surface area contributed by atoms with E-state index in [-0.39, 0.29) is 23.9 Å². The Labute approximate surface area is 161 Å². The molecule has 7 nitrogen and oxygen atoms in total. The first kappa shape index (κ1) is 19.6. The molecule has 2 atom stereocenters. The van der Waals surface area contributed by atoms with E-state index in [0.717, 1.165) is 50.3 Å². The lowest BCUT2D eigenvalue weighted by Gasteiger charge is -2.39. The van der Waals surface area contributed by atoms with Gasteiger partial charge in [0.25, 0.3) is 0 Å². The van der Waals surface area contributed by atoms with Crippen LogP contribution < -0.4 is 15.4 Å². The molecule has 2 fully saturated rings. The van der Waals surface area contributed by atoms with Crippen LogP contribution in [0.2, 0.25) is 0 Å².